The van der Waals surface area contributed by atoms with E-state index in [0.717, 1.165) is 24.1 Å². The summed E-state index contributed by atoms with van der Waals surface area (Å²) in [5, 5.41) is 2.82. The molecule has 1 aromatic heterocycles. The molecule has 2 aromatic rings. The fourth-order valence-electron chi connectivity index (χ4n) is 2.55. The van der Waals surface area contributed by atoms with Gasteiger partial charge in [0.05, 0.1) is 0 Å². The summed E-state index contributed by atoms with van der Waals surface area (Å²) < 4.78 is 0. The normalized spacial score (nSPS) is 10.4. The van der Waals surface area contributed by atoms with Crippen LogP contribution in [0.15, 0.2) is 42.6 Å². The van der Waals surface area contributed by atoms with Gasteiger partial charge >= 0.3 is 0 Å². The molecule has 1 aromatic carbocycles. The second-order valence-corrected chi connectivity index (χ2v) is 5.93. The highest BCUT2D eigenvalue weighted by molar-refractivity contribution is 6.07. The number of hydrogen-bond donors (Lipinski definition) is 1. The van der Waals surface area contributed by atoms with Crippen molar-refractivity contribution in [3.05, 3.63) is 59.4 Å². The lowest BCUT2D eigenvalue weighted by Gasteiger charge is -2.21. The van der Waals surface area contributed by atoms with E-state index in [9.17, 15) is 9.59 Å². The molecule has 25 heavy (non-hydrogen) atoms. The Balaban J connectivity index is 2.20. The first kappa shape index (κ1) is 18.6. The van der Waals surface area contributed by atoms with Gasteiger partial charge in [-0.2, -0.15) is 0 Å². The second-order valence-electron chi connectivity index (χ2n) is 5.93. The molecule has 0 saturated heterocycles. The second kappa shape index (κ2) is 8.97. The first-order valence-electron chi connectivity index (χ1n) is 8.69. The van der Waals surface area contributed by atoms with Crippen LogP contribution in [0.5, 0.6) is 0 Å². The minimum Gasteiger partial charge on any atom is -0.351 e. The number of hydrogen-bond acceptors (Lipinski definition) is 3. The predicted octanol–water partition coefficient (Wildman–Crippen LogP) is 3.59. The smallest absolute Gasteiger partial charge is 0.269 e. The van der Waals surface area contributed by atoms with E-state index in [4.69, 9.17) is 0 Å². The van der Waals surface area contributed by atoms with Gasteiger partial charge in [0.25, 0.3) is 11.8 Å². The van der Waals surface area contributed by atoms with Crippen LogP contribution < -0.4 is 10.2 Å². The third-order valence-corrected chi connectivity index (χ3v) is 3.93. The van der Waals surface area contributed by atoms with Crippen LogP contribution in [-0.2, 0) is 0 Å². The Labute approximate surface area is 149 Å². The zero-order valence-electron chi connectivity index (χ0n) is 15.1. The van der Waals surface area contributed by atoms with E-state index in [-0.39, 0.29) is 17.5 Å². The number of amides is 2. The molecule has 1 N–H and O–H groups in total. The molecule has 0 spiro atoms. The van der Waals surface area contributed by atoms with Crippen LogP contribution in [0.25, 0.3) is 0 Å². The monoisotopic (exact) mass is 339 g/mol. The zero-order valence-corrected chi connectivity index (χ0v) is 15.1. The minimum absolute atomic E-state index is 0.141. The van der Waals surface area contributed by atoms with Gasteiger partial charge in [0.15, 0.2) is 0 Å². The van der Waals surface area contributed by atoms with Crippen molar-refractivity contribution < 1.29 is 9.59 Å². The summed E-state index contributed by atoms with van der Waals surface area (Å²) in [4.78, 5) is 30.8. The third kappa shape index (κ3) is 4.89. The summed E-state index contributed by atoms with van der Waals surface area (Å²) in [5.41, 5.74) is 2.66. The van der Waals surface area contributed by atoms with Crippen molar-refractivity contribution in [2.45, 2.75) is 33.6 Å². The van der Waals surface area contributed by atoms with Gasteiger partial charge in [-0.15, -0.1) is 0 Å². The molecule has 5 nitrogen and oxygen atoms in total. The van der Waals surface area contributed by atoms with Crippen LogP contribution in [0, 0.1) is 6.92 Å². The molecule has 132 valence electrons. The van der Waals surface area contributed by atoms with Gasteiger partial charge in [-0.05, 0) is 50.1 Å². The van der Waals surface area contributed by atoms with Gasteiger partial charge < -0.3 is 10.2 Å². The van der Waals surface area contributed by atoms with Crippen molar-refractivity contribution in [2.24, 2.45) is 0 Å². The molecule has 0 aliphatic heterocycles. The Hall–Kier alpha value is -2.69. The molecule has 0 fully saturated rings. The molecule has 2 amide bonds. The molecular formula is C20H25N3O2. The Morgan fingerprint density at radius 1 is 1.16 bits per heavy atom. The lowest BCUT2D eigenvalue weighted by molar-refractivity contribution is 0.0948. The molecule has 0 aliphatic rings. The highest BCUT2D eigenvalue weighted by Gasteiger charge is 2.18. The van der Waals surface area contributed by atoms with Crippen LogP contribution >= 0.6 is 0 Å². The number of nitrogens with one attached hydrogen (secondary N) is 1. The summed E-state index contributed by atoms with van der Waals surface area (Å²) in [5.74, 6) is -0.389. The average Bonchev–Trinajstić information content (AvgIpc) is 2.62. The molecule has 0 aliphatic carbocycles. The highest BCUT2D eigenvalue weighted by atomic mass is 16.2. The van der Waals surface area contributed by atoms with E-state index in [0.29, 0.717) is 18.7 Å². The van der Waals surface area contributed by atoms with Crippen LogP contribution in [0.3, 0.4) is 0 Å². The zero-order chi connectivity index (χ0) is 18.2. The molecule has 0 saturated carbocycles. The number of anilines is 1. The fraction of sp³-hybridized carbons (Fsp3) is 0.350. The third-order valence-electron chi connectivity index (χ3n) is 3.93. The summed E-state index contributed by atoms with van der Waals surface area (Å²) in [7, 11) is 0. The number of carbonyl (C=O) groups excluding carboxylic acids is 2. The maximum absolute atomic E-state index is 12.9. The summed E-state index contributed by atoms with van der Waals surface area (Å²) >= 11 is 0. The first-order valence-corrected chi connectivity index (χ1v) is 8.69. The lowest BCUT2D eigenvalue weighted by Crippen LogP contribution is -2.31. The van der Waals surface area contributed by atoms with Crippen LogP contribution in [0.1, 0.15) is 53.1 Å². The van der Waals surface area contributed by atoms with E-state index in [1.165, 1.54) is 6.20 Å². The van der Waals surface area contributed by atoms with E-state index in [1.54, 1.807) is 17.0 Å². The molecule has 0 atom stereocenters. The van der Waals surface area contributed by atoms with Gasteiger partial charge in [-0.25, -0.2) is 0 Å². The predicted molar refractivity (Wildman–Crippen MR) is 100 cm³/mol. The van der Waals surface area contributed by atoms with Gasteiger partial charge in [-0.1, -0.05) is 25.5 Å². The van der Waals surface area contributed by atoms with Crippen molar-refractivity contribution >= 4 is 17.5 Å². The number of unbranched alkanes of at least 4 members (excludes halogenated alkanes) is 1. The standard InChI is InChI=1S/C20H25N3O2/c1-4-6-11-22-19(24)18-14-16(10-12-21-18)20(25)23(5-2)17-9-7-8-15(3)13-17/h7-10,12-14H,4-6,11H2,1-3H3,(H,22,24). The van der Waals surface area contributed by atoms with Gasteiger partial charge in [0.2, 0.25) is 0 Å². The summed E-state index contributed by atoms with van der Waals surface area (Å²) in [6.45, 7) is 7.14. The van der Waals surface area contributed by atoms with Crippen molar-refractivity contribution in [1.29, 1.82) is 0 Å². The Bertz CT molecular complexity index is 743. The van der Waals surface area contributed by atoms with Crippen LogP contribution in [0.2, 0.25) is 0 Å². The van der Waals surface area contributed by atoms with Crippen molar-refractivity contribution in [3.8, 4) is 0 Å². The molecule has 0 bridgehead atoms. The molecule has 0 unspecified atom stereocenters. The Kier molecular flexibility index (Phi) is 6.69. The maximum Gasteiger partial charge on any atom is 0.269 e. The summed E-state index contributed by atoms with van der Waals surface area (Å²) in [6.07, 6.45) is 3.43. The van der Waals surface area contributed by atoms with Gasteiger partial charge in [0, 0.05) is 30.5 Å². The quantitative estimate of drug-likeness (QED) is 0.784. The number of benzene rings is 1. The van der Waals surface area contributed by atoms with Crippen LogP contribution in [-0.4, -0.2) is 29.9 Å². The van der Waals surface area contributed by atoms with E-state index >= 15 is 0 Å². The van der Waals surface area contributed by atoms with E-state index in [1.807, 2.05) is 38.1 Å². The number of pyridine rings is 1. The number of aromatic nitrogens is 1. The number of aryl methyl sites for hydroxylation is 1. The van der Waals surface area contributed by atoms with Crippen molar-refractivity contribution in [2.75, 3.05) is 18.0 Å². The fourth-order valence-corrected chi connectivity index (χ4v) is 2.55. The Morgan fingerprint density at radius 2 is 1.96 bits per heavy atom. The van der Waals surface area contributed by atoms with Gasteiger partial charge in [0.1, 0.15) is 5.69 Å². The number of carbonyl (C=O) groups is 2. The lowest BCUT2D eigenvalue weighted by atomic mass is 10.1. The topological polar surface area (TPSA) is 62.3 Å². The first-order chi connectivity index (χ1) is 12.1. The highest BCUT2D eigenvalue weighted by Crippen LogP contribution is 2.18. The molecule has 1 heterocycles. The minimum atomic E-state index is -0.248. The Morgan fingerprint density at radius 3 is 2.64 bits per heavy atom. The average molecular weight is 339 g/mol. The van der Waals surface area contributed by atoms with Crippen molar-refractivity contribution in [1.82, 2.24) is 10.3 Å². The maximum atomic E-state index is 12.9. The van der Waals surface area contributed by atoms with Crippen molar-refractivity contribution in [3.63, 3.8) is 0 Å². The molecule has 0 radical (unpaired) electrons. The molecule has 5 heteroatoms. The SMILES string of the molecule is CCCCNC(=O)c1cc(C(=O)N(CC)c2cccc(C)c2)ccn1. The summed E-state index contributed by atoms with van der Waals surface area (Å²) in [6, 6.07) is 11.0. The number of rotatable bonds is 7. The number of nitrogens with zero attached hydrogens (tertiary/aromatic N) is 2. The largest absolute Gasteiger partial charge is 0.351 e. The van der Waals surface area contributed by atoms with E-state index in [2.05, 4.69) is 17.2 Å². The van der Waals surface area contributed by atoms with E-state index < -0.39 is 0 Å². The van der Waals surface area contributed by atoms with Gasteiger partial charge in [-0.3, -0.25) is 14.6 Å². The molecular weight excluding hydrogens is 314 g/mol. The van der Waals surface area contributed by atoms with Crippen LogP contribution in [0.4, 0.5) is 5.69 Å². The molecule has 2 rings (SSSR count).